The van der Waals surface area contributed by atoms with Crippen molar-refractivity contribution in [2.45, 2.75) is 0 Å². The molecule has 0 fully saturated rings. The molecule has 0 unspecified atom stereocenters. The van der Waals surface area contributed by atoms with E-state index >= 15 is 0 Å². The molecule has 60 valence electrons. The number of carbonyl (C=O) groups excluding carboxylic acids is 1. The Labute approximate surface area is 72.3 Å². The summed E-state index contributed by atoms with van der Waals surface area (Å²) in [6, 6.07) is 9.59. The van der Waals surface area contributed by atoms with Crippen molar-refractivity contribution >= 4 is 20.1 Å². The van der Waals surface area contributed by atoms with Crippen molar-refractivity contribution in [1.29, 1.82) is 0 Å². The minimum Gasteiger partial charge on any atom is -0.540 e. The first kappa shape index (κ1) is 8.59. The fourth-order valence-corrected chi connectivity index (χ4v) is 0.796. The van der Waals surface area contributed by atoms with Crippen LogP contribution in [0.5, 0.6) is 0 Å². The quantitative estimate of drug-likeness (QED) is 0.472. The number of rotatable bonds is 2. The predicted octanol–water partition coefficient (Wildman–Crippen LogP) is 0.791. The molecular formula is C9H9BO2. The Kier molecular flexibility index (Phi) is 3.14. The van der Waals surface area contributed by atoms with Gasteiger partial charge in [-0.15, -0.1) is 0 Å². The molecule has 0 spiro atoms. The van der Waals surface area contributed by atoms with Gasteiger partial charge in [0.2, 0.25) is 0 Å². The zero-order chi connectivity index (χ0) is 8.81. The van der Waals surface area contributed by atoms with Gasteiger partial charge < -0.3 is 4.65 Å². The number of carbonyl (C=O) groups is 1. The summed E-state index contributed by atoms with van der Waals surface area (Å²) in [6.45, 7) is 0. The van der Waals surface area contributed by atoms with Crippen LogP contribution in [-0.4, -0.2) is 14.0 Å². The van der Waals surface area contributed by atoms with Crippen molar-refractivity contribution < 1.29 is 9.45 Å². The third-order valence-electron chi connectivity index (χ3n) is 1.41. The van der Waals surface area contributed by atoms with E-state index in [-0.39, 0.29) is 5.97 Å². The van der Waals surface area contributed by atoms with Crippen LogP contribution in [0, 0.1) is 0 Å². The van der Waals surface area contributed by atoms with Crippen LogP contribution in [0.2, 0.25) is 0 Å². The van der Waals surface area contributed by atoms with Crippen molar-refractivity contribution in [3.63, 3.8) is 0 Å². The summed E-state index contributed by atoms with van der Waals surface area (Å²) in [5.74, 6) is -0.334. The van der Waals surface area contributed by atoms with E-state index < -0.39 is 0 Å². The van der Waals surface area contributed by atoms with Crippen LogP contribution in [0.1, 0.15) is 5.56 Å². The van der Waals surface area contributed by atoms with Crippen LogP contribution < -0.4 is 0 Å². The van der Waals surface area contributed by atoms with Gasteiger partial charge in [0.25, 0.3) is 0 Å². The van der Waals surface area contributed by atoms with Gasteiger partial charge in [-0.05, 0) is 11.6 Å². The van der Waals surface area contributed by atoms with E-state index in [0.29, 0.717) is 0 Å². The van der Waals surface area contributed by atoms with Crippen LogP contribution in [0.4, 0.5) is 0 Å². The van der Waals surface area contributed by atoms with Crippen LogP contribution in [0.15, 0.2) is 36.4 Å². The molecule has 0 amide bonds. The summed E-state index contributed by atoms with van der Waals surface area (Å²) in [5, 5.41) is 0. The minimum atomic E-state index is -0.334. The van der Waals surface area contributed by atoms with E-state index in [2.05, 4.69) is 4.65 Å². The molecule has 1 rings (SSSR count). The minimum absolute atomic E-state index is 0.334. The lowest BCUT2D eigenvalue weighted by atomic mass is 10.2. The normalized spacial score (nSPS) is 10.0. The third-order valence-corrected chi connectivity index (χ3v) is 1.41. The Morgan fingerprint density at radius 3 is 2.58 bits per heavy atom. The second kappa shape index (κ2) is 4.39. The summed E-state index contributed by atoms with van der Waals surface area (Å²) in [7, 11) is 1.36. The van der Waals surface area contributed by atoms with Gasteiger partial charge in [-0.2, -0.15) is 0 Å². The molecule has 3 heteroatoms. The molecule has 0 radical (unpaired) electrons. The number of hydrogen-bond acceptors (Lipinski definition) is 2. The van der Waals surface area contributed by atoms with Gasteiger partial charge in [-0.1, -0.05) is 30.3 Å². The van der Waals surface area contributed by atoms with Crippen molar-refractivity contribution in [1.82, 2.24) is 0 Å². The van der Waals surface area contributed by atoms with Gasteiger partial charge >= 0.3 is 14.0 Å². The van der Waals surface area contributed by atoms with Crippen LogP contribution in [0.3, 0.4) is 0 Å². The van der Waals surface area contributed by atoms with E-state index in [4.69, 9.17) is 0 Å². The molecule has 0 saturated heterocycles. The van der Waals surface area contributed by atoms with Gasteiger partial charge in [0, 0.05) is 6.08 Å². The van der Waals surface area contributed by atoms with Gasteiger partial charge in [0.15, 0.2) is 0 Å². The highest BCUT2D eigenvalue weighted by Crippen LogP contribution is 2.00. The SMILES string of the molecule is BOC(=O)/C=C/c1ccccc1. The molecular weight excluding hydrogens is 151 g/mol. The molecule has 0 atom stereocenters. The summed E-state index contributed by atoms with van der Waals surface area (Å²) in [4.78, 5) is 10.7. The number of hydrogen-bond donors (Lipinski definition) is 0. The smallest absolute Gasteiger partial charge is 0.326 e. The molecule has 12 heavy (non-hydrogen) atoms. The fourth-order valence-electron chi connectivity index (χ4n) is 0.796. The maximum Gasteiger partial charge on any atom is 0.326 e. The van der Waals surface area contributed by atoms with E-state index in [1.165, 1.54) is 14.1 Å². The summed E-state index contributed by atoms with van der Waals surface area (Å²) in [5.41, 5.74) is 0.989. The monoisotopic (exact) mass is 160 g/mol. The number of benzene rings is 1. The van der Waals surface area contributed by atoms with Crippen LogP contribution in [0.25, 0.3) is 6.08 Å². The lowest BCUT2D eigenvalue weighted by Crippen LogP contribution is -1.94. The molecule has 0 aliphatic rings. The van der Waals surface area contributed by atoms with Crippen molar-refractivity contribution in [2.24, 2.45) is 0 Å². The fraction of sp³-hybridized carbons (Fsp3) is 0. The highest BCUT2D eigenvalue weighted by atomic mass is 16.5. The highest BCUT2D eigenvalue weighted by Gasteiger charge is 1.89. The molecule has 0 bridgehead atoms. The molecule has 0 aliphatic heterocycles. The molecule has 0 aromatic heterocycles. The summed E-state index contributed by atoms with van der Waals surface area (Å²) in [6.07, 6.45) is 3.11. The second-order valence-corrected chi connectivity index (χ2v) is 2.27. The molecule has 1 aromatic rings. The maximum absolute atomic E-state index is 10.7. The zero-order valence-corrected chi connectivity index (χ0v) is 6.86. The molecule has 0 heterocycles. The predicted molar refractivity (Wildman–Crippen MR) is 50.1 cm³/mol. The Balaban J connectivity index is 2.64. The molecule has 0 aliphatic carbocycles. The van der Waals surface area contributed by atoms with Gasteiger partial charge in [0.05, 0.1) is 0 Å². The van der Waals surface area contributed by atoms with Crippen molar-refractivity contribution in [2.75, 3.05) is 0 Å². The Bertz CT molecular complexity index is 280. The molecule has 0 saturated carbocycles. The van der Waals surface area contributed by atoms with Crippen molar-refractivity contribution in [3.8, 4) is 0 Å². The van der Waals surface area contributed by atoms with E-state index in [1.807, 2.05) is 30.3 Å². The lowest BCUT2D eigenvalue weighted by molar-refractivity contribution is -0.128. The highest BCUT2D eigenvalue weighted by molar-refractivity contribution is 6.08. The topological polar surface area (TPSA) is 26.3 Å². The maximum atomic E-state index is 10.7. The van der Waals surface area contributed by atoms with Gasteiger partial charge in [0.1, 0.15) is 0 Å². The molecule has 2 nitrogen and oxygen atoms in total. The van der Waals surface area contributed by atoms with Gasteiger partial charge in [-0.3, -0.25) is 0 Å². The first-order chi connectivity index (χ1) is 5.83. The standard InChI is InChI=1S/C9H9BO2/c10-12-9(11)7-6-8-4-2-1-3-5-8/h1-7H,10H2/b7-6+. The zero-order valence-electron chi connectivity index (χ0n) is 6.86. The van der Waals surface area contributed by atoms with Crippen LogP contribution in [-0.2, 0) is 9.45 Å². The Morgan fingerprint density at radius 2 is 2.00 bits per heavy atom. The Hall–Kier alpha value is -1.51. The average molecular weight is 160 g/mol. The average Bonchev–Trinajstić information content (AvgIpc) is 2.16. The Morgan fingerprint density at radius 1 is 1.33 bits per heavy atom. The summed E-state index contributed by atoms with van der Waals surface area (Å²) < 4.78 is 4.45. The largest absolute Gasteiger partial charge is 0.540 e. The van der Waals surface area contributed by atoms with E-state index in [9.17, 15) is 4.79 Å². The van der Waals surface area contributed by atoms with Gasteiger partial charge in [-0.25, -0.2) is 4.79 Å². The first-order valence-electron chi connectivity index (χ1n) is 3.64. The first-order valence-corrected chi connectivity index (χ1v) is 3.64. The molecule has 1 aromatic carbocycles. The van der Waals surface area contributed by atoms with E-state index in [1.54, 1.807) is 6.08 Å². The molecule has 0 N–H and O–H groups in total. The lowest BCUT2D eigenvalue weighted by Gasteiger charge is -1.91. The van der Waals surface area contributed by atoms with Crippen LogP contribution >= 0.6 is 0 Å². The summed E-state index contributed by atoms with van der Waals surface area (Å²) >= 11 is 0. The third kappa shape index (κ3) is 2.62. The van der Waals surface area contributed by atoms with E-state index in [0.717, 1.165) is 5.56 Å². The second-order valence-electron chi connectivity index (χ2n) is 2.27. The van der Waals surface area contributed by atoms with Crippen molar-refractivity contribution in [3.05, 3.63) is 42.0 Å².